The maximum absolute atomic E-state index is 11.2. The monoisotopic (exact) mass is 295 g/mol. The number of rotatable bonds is 6. The standard InChI is InChI=1S/C12H14ClN5O2/c13-10-3-1-2-9(6-10)8-20-5-4-18-7-11(16-17-18)12(19)15-14/h1-3,6-7H,4-5,8,14H2,(H,15,19). The van der Waals surface area contributed by atoms with E-state index in [4.69, 9.17) is 22.2 Å². The van der Waals surface area contributed by atoms with E-state index in [0.29, 0.717) is 24.8 Å². The van der Waals surface area contributed by atoms with Crippen LogP contribution in [0.1, 0.15) is 16.1 Å². The van der Waals surface area contributed by atoms with Crippen LogP contribution in [0.25, 0.3) is 0 Å². The second-order valence-corrected chi connectivity index (χ2v) is 4.46. The number of hydrogen-bond acceptors (Lipinski definition) is 5. The average Bonchev–Trinajstić information content (AvgIpc) is 2.92. The van der Waals surface area contributed by atoms with Crippen LogP contribution in [0.2, 0.25) is 5.02 Å². The quantitative estimate of drug-likeness (QED) is 0.355. The predicted octanol–water partition coefficient (Wildman–Crippen LogP) is 0.752. The molecule has 20 heavy (non-hydrogen) atoms. The van der Waals surface area contributed by atoms with Crippen LogP contribution in [0.4, 0.5) is 0 Å². The maximum Gasteiger partial charge on any atom is 0.287 e. The van der Waals surface area contributed by atoms with Crippen LogP contribution >= 0.6 is 11.6 Å². The zero-order chi connectivity index (χ0) is 14.4. The fourth-order valence-electron chi connectivity index (χ4n) is 1.56. The lowest BCUT2D eigenvalue weighted by atomic mass is 10.2. The van der Waals surface area contributed by atoms with Crippen LogP contribution < -0.4 is 11.3 Å². The summed E-state index contributed by atoms with van der Waals surface area (Å²) in [5, 5.41) is 8.16. The number of benzene rings is 1. The smallest absolute Gasteiger partial charge is 0.287 e. The lowest BCUT2D eigenvalue weighted by Crippen LogP contribution is -2.30. The Labute approximate surface area is 120 Å². The molecule has 3 N–H and O–H groups in total. The summed E-state index contributed by atoms with van der Waals surface area (Å²) < 4.78 is 7.02. The third-order valence-electron chi connectivity index (χ3n) is 2.52. The molecule has 0 fully saturated rings. The molecular weight excluding hydrogens is 282 g/mol. The normalized spacial score (nSPS) is 10.5. The molecule has 0 saturated heterocycles. The number of aromatic nitrogens is 3. The van der Waals surface area contributed by atoms with Gasteiger partial charge in [-0.05, 0) is 17.7 Å². The van der Waals surface area contributed by atoms with Crippen LogP contribution in [0.15, 0.2) is 30.5 Å². The molecule has 2 rings (SSSR count). The highest BCUT2D eigenvalue weighted by molar-refractivity contribution is 6.30. The van der Waals surface area contributed by atoms with Crippen LogP contribution in [0, 0.1) is 0 Å². The van der Waals surface area contributed by atoms with E-state index in [1.165, 1.54) is 10.9 Å². The maximum atomic E-state index is 11.2. The summed E-state index contributed by atoms with van der Waals surface area (Å²) in [6, 6.07) is 7.46. The number of nitrogen functional groups attached to an aromatic ring is 1. The van der Waals surface area contributed by atoms with Crippen molar-refractivity contribution in [3.05, 3.63) is 46.7 Å². The summed E-state index contributed by atoms with van der Waals surface area (Å²) >= 11 is 5.87. The van der Waals surface area contributed by atoms with Gasteiger partial charge in [-0.15, -0.1) is 5.10 Å². The summed E-state index contributed by atoms with van der Waals surface area (Å²) in [6.45, 7) is 1.40. The minimum atomic E-state index is -0.476. The molecular formula is C12H14ClN5O2. The van der Waals surface area contributed by atoms with Crippen molar-refractivity contribution in [1.82, 2.24) is 20.4 Å². The number of halogens is 1. The Hall–Kier alpha value is -1.96. The number of carbonyl (C=O) groups excluding carboxylic acids is 1. The highest BCUT2D eigenvalue weighted by Gasteiger charge is 2.08. The van der Waals surface area contributed by atoms with Gasteiger partial charge in [0.15, 0.2) is 5.69 Å². The molecule has 8 heteroatoms. The Balaban J connectivity index is 1.76. The van der Waals surface area contributed by atoms with Crippen molar-refractivity contribution in [3.63, 3.8) is 0 Å². The van der Waals surface area contributed by atoms with Crippen molar-refractivity contribution in [2.45, 2.75) is 13.2 Å². The van der Waals surface area contributed by atoms with Gasteiger partial charge in [-0.2, -0.15) is 0 Å². The third kappa shape index (κ3) is 4.02. The molecule has 1 aromatic heterocycles. The van der Waals surface area contributed by atoms with Gasteiger partial charge in [-0.25, -0.2) is 10.5 Å². The third-order valence-corrected chi connectivity index (χ3v) is 2.76. The first-order chi connectivity index (χ1) is 9.69. The molecule has 0 aliphatic rings. The second kappa shape index (κ2) is 6.99. The fourth-order valence-corrected chi connectivity index (χ4v) is 1.77. The zero-order valence-electron chi connectivity index (χ0n) is 10.6. The van der Waals surface area contributed by atoms with E-state index in [2.05, 4.69) is 10.3 Å². The summed E-state index contributed by atoms with van der Waals surface area (Å²) in [4.78, 5) is 11.2. The van der Waals surface area contributed by atoms with E-state index in [1.54, 1.807) is 0 Å². The van der Waals surface area contributed by atoms with Crippen LogP contribution in [-0.2, 0) is 17.9 Å². The van der Waals surface area contributed by atoms with Gasteiger partial charge in [0, 0.05) is 5.02 Å². The minimum Gasteiger partial charge on any atom is -0.375 e. The highest BCUT2D eigenvalue weighted by Crippen LogP contribution is 2.11. The Kier molecular flexibility index (Phi) is 5.05. The number of ether oxygens (including phenoxy) is 1. The Morgan fingerprint density at radius 1 is 1.50 bits per heavy atom. The van der Waals surface area contributed by atoms with Gasteiger partial charge in [-0.1, -0.05) is 28.9 Å². The zero-order valence-corrected chi connectivity index (χ0v) is 11.4. The SMILES string of the molecule is NNC(=O)c1cn(CCOCc2cccc(Cl)c2)nn1. The number of amides is 1. The van der Waals surface area contributed by atoms with E-state index in [0.717, 1.165) is 5.56 Å². The molecule has 7 nitrogen and oxygen atoms in total. The largest absolute Gasteiger partial charge is 0.375 e. The fraction of sp³-hybridized carbons (Fsp3) is 0.250. The predicted molar refractivity (Wildman–Crippen MR) is 72.8 cm³/mol. The first kappa shape index (κ1) is 14.4. The van der Waals surface area contributed by atoms with Crippen molar-refractivity contribution < 1.29 is 9.53 Å². The second-order valence-electron chi connectivity index (χ2n) is 4.02. The molecule has 0 aliphatic carbocycles. The summed E-state index contributed by atoms with van der Waals surface area (Å²) in [6.07, 6.45) is 1.50. The highest BCUT2D eigenvalue weighted by atomic mass is 35.5. The van der Waals surface area contributed by atoms with Crippen LogP contribution in [0.5, 0.6) is 0 Å². The van der Waals surface area contributed by atoms with Crippen molar-refractivity contribution >= 4 is 17.5 Å². The van der Waals surface area contributed by atoms with Gasteiger partial charge in [0.05, 0.1) is 26.0 Å². The van der Waals surface area contributed by atoms with Gasteiger partial charge in [0.1, 0.15) is 0 Å². The molecule has 0 saturated carbocycles. The van der Waals surface area contributed by atoms with Gasteiger partial charge in [0.25, 0.3) is 5.91 Å². The molecule has 0 bridgehead atoms. The number of hydrogen-bond donors (Lipinski definition) is 2. The molecule has 106 valence electrons. The lowest BCUT2D eigenvalue weighted by Gasteiger charge is -2.04. The van der Waals surface area contributed by atoms with Gasteiger partial charge in [0.2, 0.25) is 0 Å². The van der Waals surface area contributed by atoms with Gasteiger partial charge < -0.3 is 4.74 Å². The molecule has 0 unspecified atom stereocenters. The first-order valence-corrected chi connectivity index (χ1v) is 6.30. The first-order valence-electron chi connectivity index (χ1n) is 5.92. The van der Waals surface area contributed by atoms with Crippen molar-refractivity contribution in [1.29, 1.82) is 0 Å². The number of nitrogens with one attached hydrogen (secondary N) is 1. The van der Waals surface area contributed by atoms with E-state index in [1.807, 2.05) is 29.7 Å². The number of carbonyl (C=O) groups is 1. The summed E-state index contributed by atoms with van der Waals surface area (Å²) in [5.74, 6) is 4.52. The van der Waals surface area contributed by atoms with E-state index in [-0.39, 0.29) is 5.69 Å². The van der Waals surface area contributed by atoms with Gasteiger partial charge >= 0.3 is 0 Å². The van der Waals surface area contributed by atoms with Crippen molar-refractivity contribution in [2.75, 3.05) is 6.61 Å². The number of nitrogens with two attached hydrogens (primary N) is 1. The Morgan fingerprint density at radius 2 is 2.35 bits per heavy atom. The minimum absolute atomic E-state index is 0.169. The molecule has 1 heterocycles. The summed E-state index contributed by atoms with van der Waals surface area (Å²) in [7, 11) is 0. The molecule has 1 aromatic carbocycles. The molecule has 0 aliphatic heterocycles. The van der Waals surface area contributed by atoms with Crippen molar-refractivity contribution in [2.24, 2.45) is 5.84 Å². The van der Waals surface area contributed by atoms with Gasteiger partial charge in [-0.3, -0.25) is 10.2 Å². The Morgan fingerprint density at radius 3 is 3.10 bits per heavy atom. The lowest BCUT2D eigenvalue weighted by molar-refractivity contribution is 0.0948. The molecule has 1 amide bonds. The molecule has 0 spiro atoms. The number of hydrazine groups is 1. The van der Waals surface area contributed by atoms with E-state index in [9.17, 15) is 4.79 Å². The molecule has 2 aromatic rings. The van der Waals surface area contributed by atoms with E-state index < -0.39 is 5.91 Å². The average molecular weight is 296 g/mol. The summed E-state index contributed by atoms with van der Waals surface area (Å²) in [5.41, 5.74) is 3.16. The molecule has 0 radical (unpaired) electrons. The Bertz CT molecular complexity index is 587. The number of nitrogens with zero attached hydrogens (tertiary/aromatic N) is 3. The van der Waals surface area contributed by atoms with E-state index >= 15 is 0 Å². The van der Waals surface area contributed by atoms with Crippen LogP contribution in [-0.4, -0.2) is 27.5 Å². The topological polar surface area (TPSA) is 95.1 Å². The van der Waals surface area contributed by atoms with Crippen molar-refractivity contribution in [3.8, 4) is 0 Å². The van der Waals surface area contributed by atoms with Crippen LogP contribution in [0.3, 0.4) is 0 Å². The molecule has 0 atom stereocenters.